The van der Waals surface area contributed by atoms with Crippen LogP contribution in [0.15, 0.2) is 59.7 Å². The zero-order valence-electron chi connectivity index (χ0n) is 11.0. The molecule has 0 radical (unpaired) electrons. The fourth-order valence-electron chi connectivity index (χ4n) is 1.62. The lowest BCUT2D eigenvalue weighted by Crippen LogP contribution is -2.17. The molecule has 1 N–H and O–H groups in total. The van der Waals surface area contributed by atoms with E-state index in [0.29, 0.717) is 11.1 Å². The molecule has 0 saturated carbocycles. The highest BCUT2D eigenvalue weighted by Gasteiger charge is 2.01. The van der Waals surface area contributed by atoms with Crippen LogP contribution in [0.4, 0.5) is 0 Å². The third-order valence-corrected chi connectivity index (χ3v) is 2.73. The summed E-state index contributed by atoms with van der Waals surface area (Å²) in [6.07, 6.45) is 1.53. The summed E-state index contributed by atoms with van der Waals surface area (Å²) in [5, 5.41) is 3.88. The molecule has 0 heterocycles. The lowest BCUT2D eigenvalue weighted by molar-refractivity contribution is 0.0954. The predicted octanol–water partition coefficient (Wildman–Crippen LogP) is 2.65. The number of hydrogen-bond donors (Lipinski definition) is 1. The van der Waals surface area contributed by atoms with Gasteiger partial charge in [-0.3, -0.25) is 9.59 Å². The van der Waals surface area contributed by atoms with Crippen molar-refractivity contribution in [3.8, 4) is 0 Å². The first-order valence-corrected chi connectivity index (χ1v) is 6.16. The molecule has 0 fully saturated rings. The molecule has 0 atom stereocenters. The molecule has 20 heavy (non-hydrogen) atoms. The summed E-state index contributed by atoms with van der Waals surface area (Å²) in [6, 6.07) is 15.9. The van der Waals surface area contributed by atoms with Crippen molar-refractivity contribution in [3.05, 3.63) is 71.3 Å². The van der Waals surface area contributed by atoms with E-state index in [1.807, 2.05) is 6.07 Å². The Kier molecular flexibility index (Phi) is 4.39. The highest BCUT2D eigenvalue weighted by molar-refractivity contribution is 5.96. The van der Waals surface area contributed by atoms with Crippen LogP contribution in [-0.2, 0) is 0 Å². The number of hydrogen-bond acceptors (Lipinski definition) is 3. The lowest BCUT2D eigenvalue weighted by Gasteiger charge is -1.99. The molecule has 0 unspecified atom stereocenters. The number of carbonyl (C=O) groups is 2. The minimum absolute atomic E-state index is 0.0193. The van der Waals surface area contributed by atoms with E-state index in [1.165, 1.54) is 13.1 Å². The standard InChI is InChI=1S/C16H14N2O2/c1-12(19)14-9-7-13(8-10-14)11-17-18-16(20)15-5-3-2-4-6-15/h2-11H,1H3,(H,18,20)/b17-11+. The van der Waals surface area contributed by atoms with E-state index in [1.54, 1.807) is 48.5 Å². The van der Waals surface area contributed by atoms with Crippen molar-refractivity contribution >= 4 is 17.9 Å². The third-order valence-electron chi connectivity index (χ3n) is 2.73. The lowest BCUT2D eigenvalue weighted by atomic mass is 10.1. The summed E-state index contributed by atoms with van der Waals surface area (Å²) in [5.41, 5.74) is 4.46. The van der Waals surface area contributed by atoms with Gasteiger partial charge in [-0.25, -0.2) is 5.43 Å². The molecule has 1 amide bonds. The van der Waals surface area contributed by atoms with Crippen LogP contribution in [0.25, 0.3) is 0 Å². The maximum atomic E-state index is 11.7. The molecule has 0 saturated heterocycles. The summed E-state index contributed by atoms with van der Waals surface area (Å²) in [4.78, 5) is 22.8. The molecular weight excluding hydrogens is 252 g/mol. The van der Waals surface area contributed by atoms with Crippen molar-refractivity contribution in [1.29, 1.82) is 0 Å². The van der Waals surface area contributed by atoms with Crippen LogP contribution < -0.4 is 5.43 Å². The fraction of sp³-hybridized carbons (Fsp3) is 0.0625. The molecule has 0 aliphatic rings. The first kappa shape index (κ1) is 13.7. The summed E-state index contributed by atoms with van der Waals surface area (Å²) in [5.74, 6) is -0.243. The topological polar surface area (TPSA) is 58.5 Å². The molecule has 0 aliphatic heterocycles. The van der Waals surface area contributed by atoms with Crippen molar-refractivity contribution in [2.45, 2.75) is 6.92 Å². The van der Waals surface area contributed by atoms with Crippen LogP contribution in [0.1, 0.15) is 33.2 Å². The maximum absolute atomic E-state index is 11.7. The molecule has 0 bridgehead atoms. The van der Waals surface area contributed by atoms with Crippen LogP contribution in [0.2, 0.25) is 0 Å². The van der Waals surface area contributed by atoms with Gasteiger partial charge in [0.25, 0.3) is 5.91 Å². The molecule has 2 aromatic carbocycles. The van der Waals surface area contributed by atoms with E-state index in [4.69, 9.17) is 0 Å². The minimum Gasteiger partial charge on any atom is -0.295 e. The highest BCUT2D eigenvalue weighted by Crippen LogP contribution is 2.03. The van der Waals surface area contributed by atoms with E-state index < -0.39 is 0 Å². The number of benzene rings is 2. The monoisotopic (exact) mass is 266 g/mol. The first-order valence-electron chi connectivity index (χ1n) is 6.16. The van der Waals surface area contributed by atoms with Crippen LogP contribution in [0, 0.1) is 0 Å². The van der Waals surface area contributed by atoms with Gasteiger partial charge in [-0.2, -0.15) is 5.10 Å². The van der Waals surface area contributed by atoms with E-state index in [9.17, 15) is 9.59 Å². The predicted molar refractivity (Wildman–Crippen MR) is 77.9 cm³/mol. The average molecular weight is 266 g/mol. The van der Waals surface area contributed by atoms with E-state index in [2.05, 4.69) is 10.5 Å². The smallest absolute Gasteiger partial charge is 0.271 e. The molecule has 100 valence electrons. The molecule has 0 aromatic heterocycles. The molecule has 2 aromatic rings. The normalized spacial score (nSPS) is 10.4. The molecular formula is C16H14N2O2. The second kappa shape index (κ2) is 6.43. The average Bonchev–Trinajstić information content (AvgIpc) is 2.48. The van der Waals surface area contributed by atoms with Crippen molar-refractivity contribution in [3.63, 3.8) is 0 Å². The molecule has 4 heteroatoms. The Bertz CT molecular complexity index is 631. The van der Waals surface area contributed by atoms with Gasteiger partial charge < -0.3 is 0 Å². The van der Waals surface area contributed by atoms with Gasteiger partial charge in [-0.1, -0.05) is 42.5 Å². The second-order valence-corrected chi connectivity index (χ2v) is 4.24. The molecule has 2 rings (SSSR count). The van der Waals surface area contributed by atoms with Gasteiger partial charge in [-0.05, 0) is 24.6 Å². The zero-order chi connectivity index (χ0) is 14.4. The van der Waals surface area contributed by atoms with Gasteiger partial charge in [0.05, 0.1) is 6.21 Å². The van der Waals surface area contributed by atoms with E-state index in [-0.39, 0.29) is 11.7 Å². The largest absolute Gasteiger partial charge is 0.295 e. The number of carbonyl (C=O) groups excluding carboxylic acids is 2. The molecule has 4 nitrogen and oxygen atoms in total. The number of hydrazone groups is 1. The fourth-order valence-corrected chi connectivity index (χ4v) is 1.62. The Balaban J connectivity index is 1.96. The first-order chi connectivity index (χ1) is 9.66. The summed E-state index contributed by atoms with van der Waals surface area (Å²) >= 11 is 0. The SMILES string of the molecule is CC(=O)c1ccc(/C=N/NC(=O)c2ccccc2)cc1. The van der Waals surface area contributed by atoms with Crippen molar-refractivity contribution in [1.82, 2.24) is 5.43 Å². The maximum Gasteiger partial charge on any atom is 0.271 e. The van der Waals surface area contributed by atoms with Gasteiger partial charge in [-0.15, -0.1) is 0 Å². The number of Topliss-reactive ketones (excluding diaryl/α,β-unsaturated/α-hetero) is 1. The van der Waals surface area contributed by atoms with Crippen LogP contribution >= 0.6 is 0 Å². The van der Waals surface area contributed by atoms with Crippen LogP contribution in [-0.4, -0.2) is 17.9 Å². The molecule has 0 spiro atoms. The Morgan fingerprint density at radius 2 is 1.60 bits per heavy atom. The zero-order valence-corrected chi connectivity index (χ0v) is 11.0. The van der Waals surface area contributed by atoms with Crippen molar-refractivity contribution in [2.75, 3.05) is 0 Å². The van der Waals surface area contributed by atoms with Gasteiger partial charge in [0.2, 0.25) is 0 Å². The number of rotatable bonds is 4. The van der Waals surface area contributed by atoms with Crippen LogP contribution in [0.5, 0.6) is 0 Å². The van der Waals surface area contributed by atoms with E-state index in [0.717, 1.165) is 5.56 Å². The van der Waals surface area contributed by atoms with E-state index >= 15 is 0 Å². The second-order valence-electron chi connectivity index (χ2n) is 4.24. The Morgan fingerprint density at radius 1 is 0.950 bits per heavy atom. The summed E-state index contributed by atoms with van der Waals surface area (Å²) < 4.78 is 0. The number of ketones is 1. The third kappa shape index (κ3) is 3.62. The van der Waals surface area contributed by atoms with Gasteiger partial charge in [0, 0.05) is 11.1 Å². The van der Waals surface area contributed by atoms with Crippen molar-refractivity contribution in [2.24, 2.45) is 5.10 Å². The Morgan fingerprint density at radius 3 is 2.20 bits per heavy atom. The highest BCUT2D eigenvalue weighted by atomic mass is 16.2. The van der Waals surface area contributed by atoms with Crippen LogP contribution in [0.3, 0.4) is 0 Å². The minimum atomic E-state index is -0.262. The van der Waals surface area contributed by atoms with Crippen molar-refractivity contribution < 1.29 is 9.59 Å². The summed E-state index contributed by atoms with van der Waals surface area (Å²) in [7, 11) is 0. The quantitative estimate of drug-likeness (QED) is 0.525. The number of amides is 1. The number of nitrogens with one attached hydrogen (secondary N) is 1. The van der Waals surface area contributed by atoms with Gasteiger partial charge >= 0.3 is 0 Å². The number of nitrogens with zero attached hydrogens (tertiary/aromatic N) is 1. The molecule has 0 aliphatic carbocycles. The Labute approximate surface area is 117 Å². The van der Waals surface area contributed by atoms with Gasteiger partial charge in [0.15, 0.2) is 5.78 Å². The summed E-state index contributed by atoms with van der Waals surface area (Å²) in [6.45, 7) is 1.52. The van der Waals surface area contributed by atoms with Gasteiger partial charge in [0.1, 0.15) is 0 Å². The Hall–Kier alpha value is -2.75.